The molecule has 1 aliphatic heterocycles. The Morgan fingerprint density at radius 3 is 1.94 bits per heavy atom. The maximum atomic E-state index is 14.1. The second-order valence-electron chi connectivity index (χ2n) is 6.78. The van der Waals surface area contributed by atoms with Gasteiger partial charge in [0, 0.05) is 6.42 Å². The molecule has 4 nitrogen and oxygen atoms in total. The number of aliphatic imine (C=N–C) groups is 1. The second kappa shape index (κ2) is 7.61. The van der Waals surface area contributed by atoms with Crippen LogP contribution in [0.2, 0.25) is 5.02 Å². The van der Waals surface area contributed by atoms with E-state index in [0.29, 0.717) is 0 Å². The van der Waals surface area contributed by atoms with Crippen molar-refractivity contribution in [3.05, 3.63) is 57.6 Å². The van der Waals surface area contributed by atoms with Gasteiger partial charge in [-0.2, -0.15) is 44.8 Å². The number of hydrogen-bond acceptors (Lipinski definition) is 4. The molecular weight excluding hydrogens is 479 g/mol. The van der Waals surface area contributed by atoms with Crippen molar-refractivity contribution in [3.8, 4) is 6.07 Å². The van der Waals surface area contributed by atoms with Crippen molar-refractivity contribution < 1.29 is 39.5 Å². The van der Waals surface area contributed by atoms with Gasteiger partial charge in [-0.25, -0.2) is 9.97 Å². The van der Waals surface area contributed by atoms with Gasteiger partial charge in [-0.3, -0.25) is 4.99 Å². The number of alkyl halides is 9. The summed E-state index contributed by atoms with van der Waals surface area (Å²) in [5.41, 5.74) is -9.61. The molecule has 0 saturated carbocycles. The average Bonchev–Trinajstić information content (AvgIpc) is 3.13. The summed E-state index contributed by atoms with van der Waals surface area (Å²) in [5, 5.41) is 8.87. The van der Waals surface area contributed by atoms with Gasteiger partial charge in [0.05, 0.1) is 23.0 Å². The van der Waals surface area contributed by atoms with Gasteiger partial charge >= 0.3 is 18.5 Å². The Morgan fingerprint density at radius 2 is 1.47 bits per heavy atom. The zero-order valence-corrected chi connectivity index (χ0v) is 16.0. The van der Waals surface area contributed by atoms with E-state index in [1.54, 1.807) is 6.07 Å². The third-order valence-electron chi connectivity index (χ3n) is 4.76. The largest absolute Gasteiger partial charge is 0.433 e. The minimum absolute atomic E-state index is 0.0583. The van der Waals surface area contributed by atoms with Crippen molar-refractivity contribution in [2.45, 2.75) is 30.4 Å². The van der Waals surface area contributed by atoms with Crippen molar-refractivity contribution >= 4 is 17.3 Å². The van der Waals surface area contributed by atoms with Crippen LogP contribution in [0.25, 0.3) is 0 Å². The maximum Gasteiger partial charge on any atom is 0.433 e. The molecule has 3 rings (SSSR count). The highest BCUT2D eigenvalue weighted by Crippen LogP contribution is 2.49. The third-order valence-corrected chi connectivity index (χ3v) is 5.06. The highest BCUT2D eigenvalue weighted by atomic mass is 35.5. The van der Waals surface area contributed by atoms with E-state index in [2.05, 4.69) is 15.0 Å². The van der Waals surface area contributed by atoms with Crippen molar-refractivity contribution in [2.75, 3.05) is 6.54 Å². The minimum Gasteiger partial charge on any atom is -0.286 e. The lowest BCUT2D eigenvalue weighted by atomic mass is 9.76. The molecule has 0 aliphatic carbocycles. The maximum absolute atomic E-state index is 14.1. The zero-order valence-electron chi connectivity index (χ0n) is 15.3. The van der Waals surface area contributed by atoms with Crippen LogP contribution in [0.1, 0.15) is 34.8 Å². The Kier molecular flexibility index (Phi) is 5.66. The summed E-state index contributed by atoms with van der Waals surface area (Å²) in [6, 6.07) is 3.80. The molecule has 1 atom stereocenters. The van der Waals surface area contributed by atoms with Crippen LogP contribution in [0, 0.1) is 11.3 Å². The van der Waals surface area contributed by atoms with E-state index in [0.717, 1.165) is 12.1 Å². The van der Waals surface area contributed by atoms with Crippen LogP contribution in [0.15, 0.2) is 29.3 Å². The van der Waals surface area contributed by atoms with Crippen LogP contribution >= 0.6 is 11.6 Å². The number of rotatable bonds is 2. The normalized spacial score (nSPS) is 19.6. The van der Waals surface area contributed by atoms with E-state index < -0.39 is 53.9 Å². The van der Waals surface area contributed by atoms with Crippen molar-refractivity contribution in [1.82, 2.24) is 9.97 Å². The lowest BCUT2D eigenvalue weighted by Crippen LogP contribution is -2.44. The van der Waals surface area contributed by atoms with E-state index in [4.69, 9.17) is 16.9 Å². The molecule has 0 amide bonds. The predicted octanol–water partition coefficient (Wildman–Crippen LogP) is 5.73. The van der Waals surface area contributed by atoms with Gasteiger partial charge in [0.2, 0.25) is 0 Å². The zero-order chi connectivity index (χ0) is 24.1. The summed E-state index contributed by atoms with van der Waals surface area (Å²) in [6.07, 6.45) is -17.2. The molecule has 170 valence electrons. The van der Waals surface area contributed by atoms with Gasteiger partial charge < -0.3 is 0 Å². The van der Waals surface area contributed by atoms with Crippen LogP contribution < -0.4 is 0 Å². The summed E-state index contributed by atoms with van der Waals surface area (Å²) in [7, 11) is 0. The summed E-state index contributed by atoms with van der Waals surface area (Å²) in [5.74, 6) is 0. The van der Waals surface area contributed by atoms with E-state index in [1.807, 2.05) is 0 Å². The van der Waals surface area contributed by atoms with Crippen LogP contribution in [0.5, 0.6) is 0 Å². The highest BCUT2D eigenvalue weighted by molar-refractivity contribution is 6.31. The molecule has 14 heteroatoms. The number of nitrogens with zero attached hydrogens (tertiary/aromatic N) is 4. The third kappa shape index (κ3) is 4.23. The Hall–Kier alpha value is -2.88. The summed E-state index contributed by atoms with van der Waals surface area (Å²) in [4.78, 5) is 9.91. The number of pyridine rings is 2. The Morgan fingerprint density at radius 1 is 0.906 bits per heavy atom. The fourth-order valence-corrected chi connectivity index (χ4v) is 3.27. The van der Waals surface area contributed by atoms with E-state index in [-0.39, 0.29) is 34.3 Å². The molecule has 1 unspecified atom stereocenters. The Balaban J connectivity index is 2.17. The van der Waals surface area contributed by atoms with Crippen molar-refractivity contribution in [2.24, 2.45) is 4.99 Å². The number of nitriles is 1. The highest BCUT2D eigenvalue weighted by Gasteiger charge is 2.59. The van der Waals surface area contributed by atoms with Gasteiger partial charge in [-0.15, -0.1) is 0 Å². The molecule has 32 heavy (non-hydrogen) atoms. The molecule has 0 N–H and O–H groups in total. The summed E-state index contributed by atoms with van der Waals surface area (Å²) in [6.45, 7) is -1.18. The number of hydrogen-bond donors (Lipinski definition) is 0. The predicted molar refractivity (Wildman–Crippen MR) is 92.0 cm³/mol. The monoisotopic (exact) mass is 486 g/mol. The van der Waals surface area contributed by atoms with Crippen molar-refractivity contribution in [1.29, 1.82) is 5.26 Å². The van der Waals surface area contributed by atoms with Crippen molar-refractivity contribution in [3.63, 3.8) is 0 Å². The molecular formula is C18H8ClF9N4. The molecule has 2 aromatic heterocycles. The average molecular weight is 487 g/mol. The van der Waals surface area contributed by atoms with Crippen LogP contribution in [-0.2, 0) is 17.8 Å². The summed E-state index contributed by atoms with van der Waals surface area (Å²) >= 11 is 5.72. The van der Waals surface area contributed by atoms with E-state index >= 15 is 0 Å². The molecule has 0 saturated heterocycles. The van der Waals surface area contributed by atoms with Crippen LogP contribution in [0.3, 0.4) is 0 Å². The van der Waals surface area contributed by atoms with Gasteiger partial charge in [0.1, 0.15) is 22.9 Å². The van der Waals surface area contributed by atoms with Crippen LogP contribution in [0.4, 0.5) is 39.5 Å². The lowest BCUT2D eigenvalue weighted by molar-refractivity contribution is -0.185. The topological polar surface area (TPSA) is 61.9 Å². The first-order chi connectivity index (χ1) is 14.6. The first-order valence-electron chi connectivity index (χ1n) is 8.42. The number of halogens is 10. The standard InChI is InChI=1S/C18H8ClF9N4/c19-9-1-2-10(31-12(9)6-29)11-5-15(7-30-11,18(26,27)28)8-3-13(16(20,21)22)32-14(4-8)17(23,24)25/h1-4H,5,7H2. The Labute approximate surface area is 178 Å². The Bertz CT molecular complexity index is 1100. The minimum atomic E-state index is -5.43. The number of aromatic nitrogens is 2. The first-order valence-corrected chi connectivity index (χ1v) is 8.80. The SMILES string of the molecule is N#Cc1nc(C2=NCC(c3cc(C(F)(F)F)nc(C(F)(F)F)c3)(C(F)(F)F)C2)ccc1Cl. The summed E-state index contributed by atoms with van der Waals surface area (Å²) < 4.78 is 121. The molecule has 1 aliphatic rings. The van der Waals surface area contributed by atoms with Gasteiger partial charge in [-0.05, 0) is 29.8 Å². The quantitative estimate of drug-likeness (QED) is 0.509. The molecule has 0 aromatic carbocycles. The van der Waals surface area contributed by atoms with Gasteiger partial charge in [0.15, 0.2) is 5.69 Å². The molecule has 0 fully saturated rings. The molecule has 3 heterocycles. The molecule has 0 bridgehead atoms. The van der Waals surface area contributed by atoms with E-state index in [9.17, 15) is 39.5 Å². The molecule has 0 spiro atoms. The van der Waals surface area contributed by atoms with Gasteiger partial charge in [0.25, 0.3) is 0 Å². The smallest absolute Gasteiger partial charge is 0.286 e. The molecule has 2 aromatic rings. The van der Waals surface area contributed by atoms with E-state index in [1.165, 1.54) is 0 Å². The molecule has 0 radical (unpaired) electrons. The second-order valence-corrected chi connectivity index (χ2v) is 7.19. The fourth-order valence-electron chi connectivity index (χ4n) is 3.13. The van der Waals surface area contributed by atoms with Gasteiger partial charge in [-0.1, -0.05) is 11.6 Å². The van der Waals surface area contributed by atoms with Crippen LogP contribution in [-0.4, -0.2) is 28.4 Å². The lowest BCUT2D eigenvalue weighted by Gasteiger charge is -2.32. The fraction of sp³-hybridized carbons (Fsp3) is 0.333. The first kappa shape index (κ1) is 23.8.